The highest BCUT2D eigenvalue weighted by molar-refractivity contribution is 7.86. The Labute approximate surface area is 239 Å². The monoisotopic (exact) mass is 594 g/mol. The first-order chi connectivity index (χ1) is 19.0. The summed E-state index contributed by atoms with van der Waals surface area (Å²) in [5.74, 6) is -2.00. The van der Waals surface area contributed by atoms with Gasteiger partial charge in [-0.05, 0) is 78.3 Å². The molecule has 224 valence electrons. The van der Waals surface area contributed by atoms with Crippen LogP contribution >= 0.6 is 0 Å². The van der Waals surface area contributed by atoms with Crippen LogP contribution in [-0.4, -0.2) is 72.9 Å². The van der Waals surface area contributed by atoms with E-state index >= 15 is 4.39 Å². The van der Waals surface area contributed by atoms with Gasteiger partial charge >= 0.3 is 16.3 Å². The van der Waals surface area contributed by atoms with Gasteiger partial charge in [-0.3, -0.25) is 19.4 Å². The van der Waals surface area contributed by atoms with Gasteiger partial charge in [-0.2, -0.15) is 8.42 Å². The van der Waals surface area contributed by atoms with E-state index in [1.165, 1.54) is 23.1 Å². The average molecular weight is 595 g/mol. The molecule has 13 heteroatoms. The SMILES string of the molecule is CCN(C(=O)OC(C)(C)C)C1=C2NC(=O)C(C)(N3CCC[C@@H](NC(=O)c4cccc(S(=O)(=O)F)c4)C3)C2CC(F)=C1. The fourth-order valence-electron chi connectivity index (χ4n) is 5.68. The van der Waals surface area contributed by atoms with Crippen LogP contribution in [0.5, 0.6) is 0 Å². The second-order valence-electron chi connectivity index (χ2n) is 11.7. The Morgan fingerprint density at radius 2 is 2.00 bits per heavy atom. The van der Waals surface area contributed by atoms with Crippen LogP contribution in [-0.2, 0) is 19.8 Å². The number of benzene rings is 1. The van der Waals surface area contributed by atoms with E-state index < -0.39 is 56.0 Å². The lowest BCUT2D eigenvalue weighted by atomic mass is 9.78. The molecule has 2 heterocycles. The number of likely N-dealkylation sites (tertiary alicyclic amines) is 1. The number of fused-ring (bicyclic) bond motifs is 1. The number of nitrogens with one attached hydrogen (secondary N) is 2. The molecular weight excluding hydrogens is 558 g/mol. The third-order valence-electron chi connectivity index (χ3n) is 7.72. The molecule has 0 bridgehead atoms. The molecule has 0 saturated carbocycles. The minimum atomic E-state index is -4.97. The van der Waals surface area contributed by atoms with Crippen LogP contribution in [0.25, 0.3) is 0 Å². The summed E-state index contributed by atoms with van der Waals surface area (Å²) < 4.78 is 56.6. The van der Waals surface area contributed by atoms with E-state index in [9.17, 15) is 26.7 Å². The van der Waals surface area contributed by atoms with Crippen molar-refractivity contribution in [2.45, 2.75) is 76.0 Å². The normalized spacial score (nSPS) is 25.2. The first-order valence-corrected chi connectivity index (χ1v) is 15.0. The molecule has 3 atom stereocenters. The van der Waals surface area contributed by atoms with Gasteiger partial charge in [-0.15, -0.1) is 3.89 Å². The molecule has 10 nitrogen and oxygen atoms in total. The van der Waals surface area contributed by atoms with E-state index in [-0.39, 0.29) is 36.7 Å². The Kier molecular flexibility index (Phi) is 8.34. The number of halogens is 2. The molecule has 3 amide bonds. The minimum absolute atomic E-state index is 0.0122. The van der Waals surface area contributed by atoms with Crippen molar-refractivity contribution in [2.24, 2.45) is 5.92 Å². The number of piperidine rings is 1. The fraction of sp³-hybridized carbons (Fsp3) is 0.536. The molecule has 0 aromatic heterocycles. The zero-order chi connectivity index (χ0) is 30.3. The van der Waals surface area contributed by atoms with Gasteiger partial charge in [0.2, 0.25) is 5.91 Å². The van der Waals surface area contributed by atoms with Crippen molar-refractivity contribution in [2.75, 3.05) is 19.6 Å². The highest BCUT2D eigenvalue weighted by atomic mass is 32.3. The molecule has 2 saturated heterocycles. The third kappa shape index (κ3) is 6.30. The van der Waals surface area contributed by atoms with Gasteiger partial charge in [0, 0.05) is 42.7 Å². The maximum atomic E-state index is 15.1. The van der Waals surface area contributed by atoms with Crippen LogP contribution in [0.1, 0.15) is 64.2 Å². The molecule has 2 unspecified atom stereocenters. The summed E-state index contributed by atoms with van der Waals surface area (Å²) in [6.07, 6.45) is 1.79. The van der Waals surface area contributed by atoms with Crippen LogP contribution in [0.2, 0.25) is 0 Å². The number of carbonyl (C=O) groups excluding carboxylic acids is 3. The van der Waals surface area contributed by atoms with Crippen molar-refractivity contribution in [3.05, 3.63) is 53.1 Å². The number of hydrogen-bond acceptors (Lipinski definition) is 7. The Bertz CT molecular complexity index is 1420. The van der Waals surface area contributed by atoms with Crippen molar-refractivity contribution >= 4 is 28.1 Å². The van der Waals surface area contributed by atoms with E-state index in [4.69, 9.17) is 4.74 Å². The number of ether oxygens (including phenoxy) is 1. The largest absolute Gasteiger partial charge is 0.443 e. The van der Waals surface area contributed by atoms with Gasteiger partial charge in [-0.1, -0.05) is 6.07 Å². The molecule has 4 rings (SSSR count). The summed E-state index contributed by atoms with van der Waals surface area (Å²) in [6, 6.07) is 4.30. The molecular formula is C28H36F2N4O6S. The predicted molar refractivity (Wildman–Crippen MR) is 146 cm³/mol. The van der Waals surface area contributed by atoms with Gasteiger partial charge in [0.25, 0.3) is 5.91 Å². The fourth-order valence-corrected chi connectivity index (χ4v) is 6.18. The quantitative estimate of drug-likeness (QED) is 0.481. The van der Waals surface area contributed by atoms with Crippen LogP contribution in [0.15, 0.2) is 52.5 Å². The number of amides is 3. The van der Waals surface area contributed by atoms with Crippen LogP contribution in [0, 0.1) is 5.92 Å². The molecule has 0 spiro atoms. The molecule has 41 heavy (non-hydrogen) atoms. The first-order valence-electron chi connectivity index (χ1n) is 13.6. The van der Waals surface area contributed by atoms with E-state index in [1.807, 2.05) is 4.90 Å². The number of carbonyl (C=O) groups is 3. The molecule has 2 fully saturated rings. The molecule has 1 aromatic rings. The second kappa shape index (κ2) is 11.2. The lowest BCUT2D eigenvalue weighted by Gasteiger charge is -2.45. The number of allylic oxidation sites excluding steroid dienone is 2. The maximum absolute atomic E-state index is 15.1. The summed E-state index contributed by atoms with van der Waals surface area (Å²) in [7, 11) is -4.97. The van der Waals surface area contributed by atoms with Gasteiger partial charge < -0.3 is 15.4 Å². The Balaban J connectivity index is 1.57. The number of rotatable bonds is 6. The molecule has 3 aliphatic rings. The predicted octanol–water partition coefficient (Wildman–Crippen LogP) is 3.77. The van der Waals surface area contributed by atoms with Crippen LogP contribution < -0.4 is 10.6 Å². The van der Waals surface area contributed by atoms with Crippen molar-refractivity contribution < 1.29 is 35.8 Å². The topological polar surface area (TPSA) is 125 Å². The Morgan fingerprint density at radius 1 is 1.29 bits per heavy atom. The van der Waals surface area contributed by atoms with E-state index in [0.717, 1.165) is 12.1 Å². The van der Waals surface area contributed by atoms with Crippen LogP contribution in [0.3, 0.4) is 0 Å². The van der Waals surface area contributed by atoms with Gasteiger partial charge in [-0.25, -0.2) is 9.18 Å². The second-order valence-corrected chi connectivity index (χ2v) is 13.0. The summed E-state index contributed by atoms with van der Waals surface area (Å²) in [6.45, 7) is 9.65. The van der Waals surface area contributed by atoms with Gasteiger partial charge in [0.1, 0.15) is 17.0 Å². The average Bonchev–Trinajstić information content (AvgIpc) is 3.14. The van der Waals surface area contributed by atoms with E-state index in [2.05, 4.69) is 10.6 Å². The zero-order valence-corrected chi connectivity index (χ0v) is 24.6. The van der Waals surface area contributed by atoms with Gasteiger partial charge in [0.05, 0.1) is 10.6 Å². The highest BCUT2D eigenvalue weighted by Gasteiger charge is 2.56. The number of likely N-dealkylation sites (N-methyl/N-ethyl adjacent to an activating group) is 1. The number of nitrogens with zero attached hydrogens (tertiary/aromatic N) is 2. The molecule has 2 aliphatic heterocycles. The van der Waals surface area contributed by atoms with Crippen LogP contribution in [0.4, 0.5) is 13.1 Å². The summed E-state index contributed by atoms with van der Waals surface area (Å²) in [5.41, 5.74) is -1.26. The Hall–Kier alpha value is -3.32. The summed E-state index contributed by atoms with van der Waals surface area (Å²) in [4.78, 5) is 42.0. The maximum Gasteiger partial charge on any atom is 0.414 e. The van der Waals surface area contributed by atoms with Crippen molar-refractivity contribution in [3.63, 3.8) is 0 Å². The molecule has 1 aliphatic carbocycles. The number of hydrogen-bond donors (Lipinski definition) is 2. The minimum Gasteiger partial charge on any atom is -0.443 e. The lowest BCUT2D eigenvalue weighted by molar-refractivity contribution is -0.131. The first kappa shape index (κ1) is 30.6. The third-order valence-corrected chi connectivity index (χ3v) is 8.53. The van der Waals surface area contributed by atoms with E-state index in [0.29, 0.717) is 25.1 Å². The van der Waals surface area contributed by atoms with Crippen molar-refractivity contribution in [3.8, 4) is 0 Å². The lowest BCUT2D eigenvalue weighted by Crippen LogP contribution is -2.61. The highest BCUT2D eigenvalue weighted by Crippen LogP contribution is 2.45. The van der Waals surface area contributed by atoms with Crippen molar-refractivity contribution in [1.29, 1.82) is 0 Å². The Morgan fingerprint density at radius 3 is 2.63 bits per heavy atom. The van der Waals surface area contributed by atoms with Gasteiger partial charge in [0.15, 0.2) is 0 Å². The van der Waals surface area contributed by atoms with E-state index in [1.54, 1.807) is 34.6 Å². The zero-order valence-electron chi connectivity index (χ0n) is 23.8. The molecule has 1 aromatic carbocycles. The standard InChI is InChI=1S/C28H36F2N4O6S/c1-6-34(26(37)40-27(2,3)4)22-15-18(29)14-21-23(22)32-25(36)28(21,5)33-12-8-10-19(16-33)31-24(35)17-9-7-11-20(13-17)41(30,38)39/h7,9,11,13,15,19,21H,6,8,10,12,14,16H2,1-5H3,(H,31,35)(H,32,36)/t19-,21?,28?/m1/s1. The van der Waals surface area contributed by atoms with Crippen molar-refractivity contribution in [1.82, 2.24) is 20.4 Å². The molecule has 2 N–H and O–H groups in total. The summed E-state index contributed by atoms with van der Waals surface area (Å²) in [5, 5.41) is 5.76. The molecule has 0 radical (unpaired) electrons. The summed E-state index contributed by atoms with van der Waals surface area (Å²) >= 11 is 0. The smallest absolute Gasteiger partial charge is 0.414 e.